The first-order valence-corrected chi connectivity index (χ1v) is 8.00. The Balaban J connectivity index is 1.95. The van der Waals surface area contributed by atoms with E-state index in [2.05, 4.69) is 48.5 Å². The number of hydrogen-bond donors (Lipinski definition) is 1. The molecule has 1 saturated carbocycles. The van der Waals surface area contributed by atoms with Gasteiger partial charge in [-0.15, -0.1) is 5.10 Å². The van der Waals surface area contributed by atoms with Crippen LogP contribution in [0.25, 0.3) is 0 Å². The summed E-state index contributed by atoms with van der Waals surface area (Å²) in [4.78, 5) is 0. The summed E-state index contributed by atoms with van der Waals surface area (Å²) in [5.41, 5.74) is 0.368. The Bertz CT molecular complexity index is 407. The third kappa shape index (κ3) is 3.78. The largest absolute Gasteiger partial charge is 0.307 e. The highest BCUT2D eigenvalue weighted by Crippen LogP contribution is 2.38. The fourth-order valence-electron chi connectivity index (χ4n) is 3.37. The quantitative estimate of drug-likeness (QED) is 0.900. The highest BCUT2D eigenvalue weighted by Gasteiger charge is 2.33. The molecule has 20 heavy (non-hydrogen) atoms. The van der Waals surface area contributed by atoms with Gasteiger partial charge in [-0.25, -0.2) is 4.68 Å². The van der Waals surface area contributed by atoms with Crippen LogP contribution in [-0.4, -0.2) is 26.2 Å². The Morgan fingerprint density at radius 1 is 1.25 bits per heavy atom. The summed E-state index contributed by atoms with van der Waals surface area (Å²) in [6, 6.07) is 0.593. The molecule has 1 aliphatic carbocycles. The molecule has 0 aromatic carbocycles. The van der Waals surface area contributed by atoms with Crippen molar-refractivity contribution in [2.24, 2.45) is 11.3 Å². The summed E-state index contributed by atoms with van der Waals surface area (Å²) in [5.74, 6) is 1.71. The summed E-state index contributed by atoms with van der Waals surface area (Å²) >= 11 is 0. The SMILES string of the molecule is CCCn1nnnc1CNC1CCCCC1C(C)(C)C. The molecule has 1 aromatic heterocycles. The molecule has 0 bridgehead atoms. The summed E-state index contributed by atoms with van der Waals surface area (Å²) < 4.78 is 1.92. The Morgan fingerprint density at radius 2 is 2.00 bits per heavy atom. The third-order valence-corrected chi connectivity index (χ3v) is 4.44. The van der Waals surface area contributed by atoms with Gasteiger partial charge >= 0.3 is 0 Å². The van der Waals surface area contributed by atoms with E-state index in [9.17, 15) is 0 Å². The van der Waals surface area contributed by atoms with Crippen LogP contribution in [-0.2, 0) is 13.1 Å². The molecule has 0 amide bonds. The standard InChI is InChI=1S/C15H29N5/c1-5-10-20-14(17-18-19-20)11-16-13-9-7-6-8-12(13)15(2,3)4/h12-13,16H,5-11H2,1-4H3. The fraction of sp³-hybridized carbons (Fsp3) is 0.933. The van der Waals surface area contributed by atoms with Gasteiger partial charge in [0.2, 0.25) is 0 Å². The van der Waals surface area contributed by atoms with Crippen molar-refractivity contribution in [1.29, 1.82) is 0 Å². The highest BCUT2D eigenvalue weighted by molar-refractivity contribution is 4.90. The van der Waals surface area contributed by atoms with Crippen molar-refractivity contribution in [3.63, 3.8) is 0 Å². The minimum Gasteiger partial charge on any atom is -0.307 e. The average Bonchev–Trinajstić information content (AvgIpc) is 2.83. The molecule has 5 heteroatoms. The van der Waals surface area contributed by atoms with Gasteiger partial charge in [-0.3, -0.25) is 0 Å². The monoisotopic (exact) mass is 279 g/mol. The van der Waals surface area contributed by atoms with Crippen LogP contribution in [0.5, 0.6) is 0 Å². The van der Waals surface area contributed by atoms with E-state index in [0.717, 1.165) is 31.3 Å². The number of nitrogens with zero attached hydrogens (tertiary/aromatic N) is 4. The van der Waals surface area contributed by atoms with Gasteiger partial charge in [0.1, 0.15) is 0 Å². The van der Waals surface area contributed by atoms with E-state index in [-0.39, 0.29) is 0 Å². The normalized spacial score (nSPS) is 24.0. The number of nitrogens with one attached hydrogen (secondary N) is 1. The van der Waals surface area contributed by atoms with Crippen LogP contribution >= 0.6 is 0 Å². The Hall–Kier alpha value is -0.970. The Kier molecular flexibility index (Phi) is 5.13. The molecule has 0 radical (unpaired) electrons. The lowest BCUT2D eigenvalue weighted by atomic mass is 9.69. The second kappa shape index (κ2) is 6.66. The second-order valence-corrected chi connectivity index (χ2v) is 7.06. The predicted octanol–water partition coefficient (Wildman–Crippen LogP) is 2.78. The maximum Gasteiger partial charge on any atom is 0.165 e. The first kappa shape index (κ1) is 15.4. The van der Waals surface area contributed by atoms with E-state index in [1.54, 1.807) is 0 Å². The van der Waals surface area contributed by atoms with E-state index in [4.69, 9.17) is 0 Å². The van der Waals surface area contributed by atoms with Crippen molar-refractivity contribution < 1.29 is 0 Å². The van der Waals surface area contributed by atoms with Crippen molar-refractivity contribution in [3.8, 4) is 0 Å². The summed E-state index contributed by atoms with van der Waals surface area (Å²) in [7, 11) is 0. The van der Waals surface area contributed by atoms with Gasteiger partial charge in [0.25, 0.3) is 0 Å². The van der Waals surface area contributed by atoms with Crippen LogP contribution in [0.2, 0.25) is 0 Å². The summed E-state index contributed by atoms with van der Waals surface area (Å²) in [6.07, 6.45) is 6.38. The number of rotatable bonds is 5. The van der Waals surface area contributed by atoms with Gasteiger partial charge in [-0.1, -0.05) is 40.5 Å². The van der Waals surface area contributed by atoms with Crippen LogP contribution < -0.4 is 5.32 Å². The van der Waals surface area contributed by atoms with Crippen LogP contribution in [0.1, 0.15) is 65.6 Å². The number of aromatic nitrogens is 4. The zero-order valence-corrected chi connectivity index (χ0v) is 13.4. The molecule has 1 N–H and O–H groups in total. The maximum atomic E-state index is 4.15. The first-order valence-electron chi connectivity index (χ1n) is 8.00. The molecule has 2 rings (SSSR count). The number of tetrazole rings is 1. The predicted molar refractivity (Wildman–Crippen MR) is 80.1 cm³/mol. The minimum atomic E-state index is 0.368. The average molecular weight is 279 g/mol. The van der Waals surface area contributed by atoms with E-state index in [0.29, 0.717) is 11.5 Å². The molecule has 1 aliphatic rings. The van der Waals surface area contributed by atoms with Crippen molar-refractivity contribution in [3.05, 3.63) is 5.82 Å². The molecule has 5 nitrogen and oxygen atoms in total. The first-order chi connectivity index (χ1) is 9.52. The number of hydrogen-bond acceptors (Lipinski definition) is 4. The van der Waals surface area contributed by atoms with Crippen LogP contribution in [0.3, 0.4) is 0 Å². The van der Waals surface area contributed by atoms with Crippen LogP contribution in [0, 0.1) is 11.3 Å². The Morgan fingerprint density at radius 3 is 2.70 bits per heavy atom. The van der Waals surface area contributed by atoms with Gasteiger partial charge in [-0.2, -0.15) is 0 Å². The molecular formula is C15H29N5. The molecule has 1 heterocycles. The maximum absolute atomic E-state index is 4.15. The zero-order valence-electron chi connectivity index (χ0n) is 13.4. The molecule has 0 aliphatic heterocycles. The molecule has 114 valence electrons. The lowest BCUT2D eigenvalue weighted by Crippen LogP contribution is -2.44. The molecule has 0 spiro atoms. The van der Waals surface area contributed by atoms with Crippen molar-refractivity contribution in [1.82, 2.24) is 25.5 Å². The molecule has 2 unspecified atom stereocenters. The highest BCUT2D eigenvalue weighted by atomic mass is 15.5. The lowest BCUT2D eigenvalue weighted by Gasteiger charge is -2.41. The number of aryl methyl sites for hydroxylation is 1. The van der Waals surface area contributed by atoms with Crippen LogP contribution in [0.4, 0.5) is 0 Å². The van der Waals surface area contributed by atoms with E-state index < -0.39 is 0 Å². The molecule has 0 saturated heterocycles. The second-order valence-electron chi connectivity index (χ2n) is 7.06. The molecular weight excluding hydrogens is 250 g/mol. The molecule has 2 atom stereocenters. The zero-order chi connectivity index (χ0) is 14.6. The van der Waals surface area contributed by atoms with Gasteiger partial charge in [0.05, 0.1) is 6.54 Å². The Labute approximate surface area is 122 Å². The molecule has 1 fully saturated rings. The topological polar surface area (TPSA) is 55.6 Å². The fourth-order valence-corrected chi connectivity index (χ4v) is 3.37. The smallest absolute Gasteiger partial charge is 0.165 e. The van der Waals surface area contributed by atoms with Crippen molar-refractivity contribution in [2.45, 2.75) is 78.9 Å². The van der Waals surface area contributed by atoms with Gasteiger partial charge in [0, 0.05) is 12.6 Å². The van der Waals surface area contributed by atoms with Gasteiger partial charge in [0.15, 0.2) is 5.82 Å². The molecule has 1 aromatic rings. The lowest BCUT2D eigenvalue weighted by molar-refractivity contribution is 0.129. The van der Waals surface area contributed by atoms with Gasteiger partial charge in [-0.05, 0) is 41.0 Å². The van der Waals surface area contributed by atoms with Crippen LogP contribution in [0.15, 0.2) is 0 Å². The van der Waals surface area contributed by atoms with E-state index in [1.165, 1.54) is 25.7 Å². The van der Waals surface area contributed by atoms with Gasteiger partial charge < -0.3 is 5.32 Å². The third-order valence-electron chi connectivity index (χ3n) is 4.44. The minimum absolute atomic E-state index is 0.368. The van der Waals surface area contributed by atoms with Crippen molar-refractivity contribution >= 4 is 0 Å². The summed E-state index contributed by atoms with van der Waals surface area (Å²) in [6.45, 7) is 10.9. The summed E-state index contributed by atoms with van der Waals surface area (Å²) in [5, 5.41) is 15.7. The van der Waals surface area contributed by atoms with E-state index >= 15 is 0 Å². The van der Waals surface area contributed by atoms with Crippen molar-refractivity contribution in [2.75, 3.05) is 0 Å². The van der Waals surface area contributed by atoms with E-state index in [1.807, 2.05) is 4.68 Å².